The largest absolute Gasteiger partial charge is 0.361 e. The van der Waals surface area contributed by atoms with Gasteiger partial charge in [-0.05, 0) is 49.1 Å². The van der Waals surface area contributed by atoms with E-state index in [9.17, 15) is 0 Å². The first-order valence-corrected chi connectivity index (χ1v) is 6.23. The number of rotatable bonds is 1. The Morgan fingerprint density at radius 1 is 1.06 bits per heavy atom. The smallest absolute Gasteiger partial charge is 0.0456 e. The number of aromatic nitrogens is 1. The van der Waals surface area contributed by atoms with Gasteiger partial charge in [0.25, 0.3) is 0 Å². The molecule has 0 bridgehead atoms. The molecule has 1 nitrogen and oxygen atoms in total. The minimum atomic E-state index is 0.682. The number of aromatic amines is 1. The molecule has 0 unspecified atom stereocenters. The summed E-state index contributed by atoms with van der Waals surface area (Å²) >= 11 is 0. The van der Waals surface area contributed by atoms with Crippen LogP contribution in [0.15, 0.2) is 30.5 Å². The second-order valence-electron chi connectivity index (χ2n) is 5.01. The third kappa shape index (κ3) is 1.64. The quantitative estimate of drug-likeness (QED) is 0.726. The molecule has 1 heteroatoms. The molecule has 0 atom stereocenters. The second-order valence-corrected chi connectivity index (χ2v) is 5.01. The summed E-state index contributed by atoms with van der Waals surface area (Å²) in [6, 6.07) is 8.62. The number of H-pyrrole nitrogens is 1. The van der Waals surface area contributed by atoms with E-state index in [2.05, 4.69) is 42.4 Å². The number of hydrogen-bond acceptors (Lipinski definition) is 0. The highest BCUT2D eigenvalue weighted by molar-refractivity contribution is 5.83. The maximum atomic E-state index is 4.17. The number of benzene rings is 1. The molecule has 1 aromatic heterocycles. The molecular weight excluding hydrogens is 194 g/mol. The Labute approximate surface area is 96.9 Å². The molecule has 1 heterocycles. The fourth-order valence-corrected chi connectivity index (χ4v) is 2.91. The Morgan fingerprint density at radius 2 is 1.81 bits per heavy atom. The van der Waals surface area contributed by atoms with E-state index in [1.54, 1.807) is 0 Å². The highest BCUT2D eigenvalue weighted by Gasteiger charge is 2.21. The van der Waals surface area contributed by atoms with Crippen LogP contribution in [0.1, 0.15) is 37.2 Å². The van der Waals surface area contributed by atoms with E-state index >= 15 is 0 Å². The molecule has 1 aliphatic rings. The van der Waals surface area contributed by atoms with E-state index in [4.69, 9.17) is 0 Å². The van der Waals surface area contributed by atoms with E-state index in [-0.39, 0.29) is 0 Å². The normalized spacial score (nSPS) is 26.1. The van der Waals surface area contributed by atoms with Crippen molar-refractivity contribution in [3.05, 3.63) is 42.9 Å². The predicted molar refractivity (Wildman–Crippen MR) is 68.4 cm³/mol. The zero-order chi connectivity index (χ0) is 11.0. The van der Waals surface area contributed by atoms with Crippen LogP contribution in [-0.4, -0.2) is 4.98 Å². The van der Waals surface area contributed by atoms with Gasteiger partial charge in [0.2, 0.25) is 0 Å². The number of para-hydroxylation sites is 1. The van der Waals surface area contributed by atoms with Crippen LogP contribution in [0.3, 0.4) is 0 Å². The van der Waals surface area contributed by atoms with Crippen LogP contribution >= 0.6 is 0 Å². The van der Waals surface area contributed by atoms with Crippen molar-refractivity contribution >= 4 is 10.9 Å². The summed E-state index contributed by atoms with van der Waals surface area (Å²) in [5, 5.41) is 1.41. The highest BCUT2D eigenvalue weighted by Crippen LogP contribution is 2.38. The van der Waals surface area contributed by atoms with E-state index < -0.39 is 0 Å². The van der Waals surface area contributed by atoms with Crippen LogP contribution in [0.5, 0.6) is 0 Å². The Balaban J connectivity index is 1.94. The van der Waals surface area contributed by atoms with E-state index in [0.717, 1.165) is 5.92 Å². The maximum Gasteiger partial charge on any atom is 0.0456 e. The first-order valence-electron chi connectivity index (χ1n) is 6.23. The molecule has 1 aromatic carbocycles. The Hall–Kier alpha value is -1.24. The molecule has 1 fully saturated rings. The summed E-state index contributed by atoms with van der Waals surface area (Å²) < 4.78 is 0. The van der Waals surface area contributed by atoms with Gasteiger partial charge in [-0.15, -0.1) is 0 Å². The lowest BCUT2D eigenvalue weighted by Gasteiger charge is -2.25. The SMILES string of the molecule is [CH2]C1CCC(c2c[nH]c3ccccc23)CC1. The van der Waals surface area contributed by atoms with Crippen molar-refractivity contribution in [2.75, 3.05) is 0 Å². The number of hydrogen-bond donors (Lipinski definition) is 1. The van der Waals surface area contributed by atoms with Crippen molar-refractivity contribution in [1.29, 1.82) is 0 Å². The zero-order valence-corrected chi connectivity index (χ0v) is 9.58. The summed E-state index contributed by atoms with van der Waals surface area (Å²) in [5.74, 6) is 1.43. The Bertz CT molecular complexity index is 475. The van der Waals surface area contributed by atoms with Crippen LogP contribution in [0.25, 0.3) is 10.9 Å². The van der Waals surface area contributed by atoms with E-state index in [0.29, 0.717) is 5.92 Å². The van der Waals surface area contributed by atoms with Gasteiger partial charge in [0, 0.05) is 17.1 Å². The minimum absolute atomic E-state index is 0.682. The molecule has 16 heavy (non-hydrogen) atoms. The van der Waals surface area contributed by atoms with Gasteiger partial charge in [-0.3, -0.25) is 0 Å². The first-order chi connectivity index (χ1) is 7.84. The number of fused-ring (bicyclic) bond motifs is 1. The lowest BCUT2D eigenvalue weighted by Crippen LogP contribution is -2.10. The minimum Gasteiger partial charge on any atom is -0.361 e. The molecule has 1 aliphatic carbocycles. The highest BCUT2D eigenvalue weighted by atomic mass is 14.7. The fraction of sp³-hybridized carbons (Fsp3) is 0.400. The lowest BCUT2D eigenvalue weighted by atomic mass is 9.79. The van der Waals surface area contributed by atoms with Crippen molar-refractivity contribution < 1.29 is 0 Å². The molecule has 1 N–H and O–H groups in total. The molecule has 0 amide bonds. The second kappa shape index (κ2) is 3.97. The molecule has 0 aliphatic heterocycles. The van der Waals surface area contributed by atoms with Crippen LogP contribution in [-0.2, 0) is 0 Å². The third-order valence-electron chi connectivity index (χ3n) is 3.91. The monoisotopic (exact) mass is 212 g/mol. The lowest BCUT2D eigenvalue weighted by molar-refractivity contribution is 0.375. The summed E-state index contributed by atoms with van der Waals surface area (Å²) in [6.45, 7) is 4.17. The van der Waals surface area contributed by atoms with Crippen LogP contribution < -0.4 is 0 Å². The molecule has 83 valence electrons. The van der Waals surface area contributed by atoms with Crippen LogP contribution in [0.2, 0.25) is 0 Å². The summed E-state index contributed by atoms with van der Waals surface area (Å²) in [7, 11) is 0. The van der Waals surface area contributed by atoms with Gasteiger partial charge in [-0.25, -0.2) is 0 Å². The Kier molecular flexibility index (Phi) is 2.47. The van der Waals surface area contributed by atoms with E-state index in [1.165, 1.54) is 42.1 Å². The molecular formula is C15H18N. The van der Waals surface area contributed by atoms with Gasteiger partial charge in [0.1, 0.15) is 0 Å². The van der Waals surface area contributed by atoms with Gasteiger partial charge in [-0.1, -0.05) is 25.1 Å². The molecule has 1 radical (unpaired) electrons. The van der Waals surface area contributed by atoms with E-state index in [1.807, 2.05) is 0 Å². The van der Waals surface area contributed by atoms with Crippen molar-refractivity contribution in [1.82, 2.24) is 4.98 Å². The van der Waals surface area contributed by atoms with Crippen molar-refractivity contribution in [3.63, 3.8) is 0 Å². The van der Waals surface area contributed by atoms with Gasteiger partial charge in [0.05, 0.1) is 0 Å². The summed E-state index contributed by atoms with van der Waals surface area (Å²) in [4.78, 5) is 3.38. The molecule has 2 aromatic rings. The molecule has 0 saturated heterocycles. The van der Waals surface area contributed by atoms with Crippen molar-refractivity contribution in [2.24, 2.45) is 5.92 Å². The van der Waals surface area contributed by atoms with Crippen molar-refractivity contribution in [2.45, 2.75) is 31.6 Å². The van der Waals surface area contributed by atoms with Crippen LogP contribution in [0, 0.1) is 12.8 Å². The summed E-state index contributed by atoms with van der Waals surface area (Å²) in [6.07, 6.45) is 7.37. The maximum absolute atomic E-state index is 4.17. The summed E-state index contributed by atoms with van der Waals surface area (Å²) in [5.41, 5.74) is 2.79. The molecule has 0 spiro atoms. The topological polar surface area (TPSA) is 15.8 Å². The standard InChI is InChI=1S/C15H18N/c1-11-6-8-12(9-7-11)14-10-16-15-5-3-2-4-13(14)15/h2-5,10-12,16H,1,6-9H2. The number of nitrogens with one attached hydrogen (secondary N) is 1. The zero-order valence-electron chi connectivity index (χ0n) is 9.58. The van der Waals surface area contributed by atoms with Gasteiger partial charge in [-0.2, -0.15) is 0 Å². The first kappa shape index (κ1) is 9.95. The van der Waals surface area contributed by atoms with Gasteiger partial charge >= 0.3 is 0 Å². The van der Waals surface area contributed by atoms with Crippen molar-refractivity contribution in [3.8, 4) is 0 Å². The average Bonchev–Trinajstić information content (AvgIpc) is 2.74. The van der Waals surface area contributed by atoms with Gasteiger partial charge in [0.15, 0.2) is 0 Å². The molecule has 3 rings (SSSR count). The molecule has 1 saturated carbocycles. The predicted octanol–water partition coefficient (Wildman–Crippen LogP) is 4.28. The average molecular weight is 212 g/mol. The third-order valence-corrected chi connectivity index (χ3v) is 3.91. The fourth-order valence-electron chi connectivity index (χ4n) is 2.91. The van der Waals surface area contributed by atoms with Gasteiger partial charge < -0.3 is 4.98 Å². The van der Waals surface area contributed by atoms with Crippen LogP contribution in [0.4, 0.5) is 0 Å². The Morgan fingerprint density at radius 3 is 2.62 bits per heavy atom.